The maximum absolute atomic E-state index is 13.8. The highest BCUT2D eigenvalue weighted by Crippen LogP contribution is 2.33. The van der Waals surface area contributed by atoms with Crippen LogP contribution in [0.1, 0.15) is 39.8 Å². The Morgan fingerprint density at radius 2 is 2.05 bits per heavy atom. The summed E-state index contributed by atoms with van der Waals surface area (Å²) in [5.41, 5.74) is 8.43. The Labute approximate surface area is 131 Å². The molecule has 1 aliphatic carbocycles. The number of fused-ring (bicyclic) bond motifs is 1. The molecule has 0 amide bonds. The van der Waals surface area contributed by atoms with Crippen LogP contribution in [0.4, 0.5) is 4.39 Å². The minimum Gasteiger partial charge on any atom is -0.323 e. The first-order valence-corrected chi connectivity index (χ1v) is 8.55. The molecule has 3 rings (SSSR count). The predicted octanol–water partition coefficient (Wildman–Crippen LogP) is 4.77. The zero-order chi connectivity index (χ0) is 14.1. The maximum atomic E-state index is 13.8. The Hall–Kier alpha value is -0.710. The van der Waals surface area contributed by atoms with Gasteiger partial charge in [-0.05, 0) is 67.5 Å². The fraction of sp³-hybridized carbons (Fsp3) is 0.375. The van der Waals surface area contributed by atoms with Crippen molar-refractivity contribution in [3.8, 4) is 0 Å². The summed E-state index contributed by atoms with van der Waals surface area (Å²) in [6.45, 7) is 0. The molecule has 1 aromatic heterocycles. The van der Waals surface area contributed by atoms with E-state index in [9.17, 15) is 4.39 Å². The van der Waals surface area contributed by atoms with E-state index in [2.05, 4.69) is 22.0 Å². The van der Waals surface area contributed by atoms with Crippen molar-refractivity contribution in [2.75, 3.05) is 0 Å². The molecule has 1 heterocycles. The summed E-state index contributed by atoms with van der Waals surface area (Å²) < 4.78 is 14.7. The van der Waals surface area contributed by atoms with E-state index in [1.807, 2.05) is 17.4 Å². The molecule has 4 heteroatoms. The van der Waals surface area contributed by atoms with Crippen molar-refractivity contribution in [2.45, 2.75) is 38.1 Å². The number of hydrogen-bond acceptors (Lipinski definition) is 2. The molecule has 0 saturated carbocycles. The quantitative estimate of drug-likeness (QED) is 0.844. The highest BCUT2D eigenvalue weighted by molar-refractivity contribution is 9.10. The van der Waals surface area contributed by atoms with Gasteiger partial charge in [0.15, 0.2) is 0 Å². The first-order chi connectivity index (χ1) is 9.63. The third-order valence-electron chi connectivity index (χ3n) is 3.83. The molecule has 0 bridgehead atoms. The molecular formula is C16H17BrFNS. The second-order valence-electron chi connectivity index (χ2n) is 5.35. The van der Waals surface area contributed by atoms with Gasteiger partial charge in [0.25, 0.3) is 0 Å². The Balaban J connectivity index is 1.80. The lowest BCUT2D eigenvalue weighted by molar-refractivity contribution is 0.594. The second kappa shape index (κ2) is 5.96. The minimum absolute atomic E-state index is 0.116. The molecule has 1 aromatic carbocycles. The topological polar surface area (TPSA) is 26.0 Å². The van der Waals surface area contributed by atoms with Crippen molar-refractivity contribution in [3.05, 3.63) is 55.4 Å². The van der Waals surface area contributed by atoms with Gasteiger partial charge in [0.1, 0.15) is 5.82 Å². The molecule has 1 nitrogen and oxygen atoms in total. The number of hydrogen-bond donors (Lipinski definition) is 1. The van der Waals surface area contributed by atoms with E-state index in [1.165, 1.54) is 47.1 Å². The largest absolute Gasteiger partial charge is 0.323 e. The van der Waals surface area contributed by atoms with E-state index in [4.69, 9.17) is 5.73 Å². The van der Waals surface area contributed by atoms with Gasteiger partial charge in [-0.1, -0.05) is 15.9 Å². The normalized spacial score (nSPS) is 15.9. The lowest BCUT2D eigenvalue weighted by Gasteiger charge is -2.10. The summed E-state index contributed by atoms with van der Waals surface area (Å²) in [5.74, 6) is -0.176. The summed E-state index contributed by atoms with van der Waals surface area (Å²) in [7, 11) is 0. The number of thiophene rings is 1. The van der Waals surface area contributed by atoms with Gasteiger partial charge in [-0.2, -0.15) is 0 Å². The van der Waals surface area contributed by atoms with Gasteiger partial charge in [-0.3, -0.25) is 0 Å². The summed E-state index contributed by atoms with van der Waals surface area (Å²) in [6.07, 6.45) is 5.45. The van der Waals surface area contributed by atoms with Crippen LogP contribution in [0.25, 0.3) is 0 Å². The Morgan fingerprint density at radius 3 is 2.85 bits per heavy atom. The Morgan fingerprint density at radius 1 is 1.25 bits per heavy atom. The third-order valence-corrected chi connectivity index (χ3v) is 5.69. The van der Waals surface area contributed by atoms with Crippen LogP contribution in [0.15, 0.2) is 28.7 Å². The summed E-state index contributed by atoms with van der Waals surface area (Å²) in [6, 6.07) is 7.15. The molecular weight excluding hydrogens is 337 g/mol. The molecule has 0 saturated heterocycles. The predicted molar refractivity (Wildman–Crippen MR) is 85.7 cm³/mol. The fourth-order valence-corrected chi connectivity index (χ4v) is 4.40. The molecule has 2 N–H and O–H groups in total. The first-order valence-electron chi connectivity index (χ1n) is 6.94. The average Bonchev–Trinajstić information content (AvgIpc) is 2.87. The molecule has 0 radical (unpaired) electrons. The lowest BCUT2D eigenvalue weighted by Crippen LogP contribution is -2.12. The number of nitrogens with two attached hydrogens (primary N) is 1. The Kier molecular flexibility index (Phi) is 4.24. The van der Waals surface area contributed by atoms with Crippen LogP contribution in [0.2, 0.25) is 0 Å². The number of rotatable bonds is 3. The van der Waals surface area contributed by atoms with Crippen molar-refractivity contribution >= 4 is 27.3 Å². The van der Waals surface area contributed by atoms with E-state index >= 15 is 0 Å². The van der Waals surface area contributed by atoms with Crippen molar-refractivity contribution in [2.24, 2.45) is 5.73 Å². The zero-order valence-electron chi connectivity index (χ0n) is 11.2. The van der Waals surface area contributed by atoms with Crippen molar-refractivity contribution in [1.82, 2.24) is 0 Å². The summed E-state index contributed by atoms with van der Waals surface area (Å²) >= 11 is 5.20. The number of benzene rings is 1. The van der Waals surface area contributed by atoms with E-state index in [-0.39, 0.29) is 11.9 Å². The molecule has 0 fully saturated rings. The van der Waals surface area contributed by atoms with E-state index < -0.39 is 0 Å². The molecule has 0 aliphatic heterocycles. The molecule has 1 atom stereocenters. The van der Waals surface area contributed by atoms with Crippen LogP contribution in [0.5, 0.6) is 0 Å². The second-order valence-corrected chi connectivity index (χ2v) is 7.43. The van der Waals surface area contributed by atoms with Gasteiger partial charge in [-0.15, -0.1) is 11.3 Å². The van der Waals surface area contributed by atoms with Gasteiger partial charge >= 0.3 is 0 Å². The van der Waals surface area contributed by atoms with Gasteiger partial charge in [-0.25, -0.2) is 4.39 Å². The highest BCUT2D eigenvalue weighted by atomic mass is 79.9. The number of aryl methyl sites for hydroxylation is 2. The minimum atomic E-state index is -0.176. The lowest BCUT2D eigenvalue weighted by atomic mass is 9.98. The Bertz CT molecular complexity index is 599. The summed E-state index contributed by atoms with van der Waals surface area (Å²) in [4.78, 5) is 2.67. The van der Waals surface area contributed by atoms with Crippen LogP contribution >= 0.6 is 27.3 Å². The van der Waals surface area contributed by atoms with Crippen molar-refractivity contribution in [1.29, 1.82) is 0 Å². The fourth-order valence-electron chi connectivity index (χ4n) is 2.73. The first kappa shape index (κ1) is 14.2. The van der Waals surface area contributed by atoms with E-state index in [0.717, 1.165) is 4.47 Å². The standard InChI is InChI=1S/C16H17BrFNS/c17-12-5-6-13(18)11(7-12)8-14(19)16-9-10-3-1-2-4-15(10)20-16/h5-7,9,14H,1-4,8,19H2. The number of halogens is 2. The van der Waals surface area contributed by atoms with Gasteiger partial charge < -0.3 is 5.73 Å². The monoisotopic (exact) mass is 353 g/mol. The molecule has 0 spiro atoms. The summed E-state index contributed by atoms with van der Waals surface area (Å²) in [5, 5.41) is 0. The van der Waals surface area contributed by atoms with Gasteiger partial charge in [0, 0.05) is 20.3 Å². The molecule has 1 aliphatic rings. The maximum Gasteiger partial charge on any atom is 0.126 e. The third kappa shape index (κ3) is 2.97. The van der Waals surface area contributed by atoms with Crippen LogP contribution in [0.3, 0.4) is 0 Å². The van der Waals surface area contributed by atoms with E-state index in [1.54, 1.807) is 6.07 Å². The molecule has 106 valence electrons. The average molecular weight is 354 g/mol. The molecule has 1 unspecified atom stereocenters. The van der Waals surface area contributed by atoms with Crippen molar-refractivity contribution < 1.29 is 4.39 Å². The van der Waals surface area contributed by atoms with Gasteiger partial charge in [0.2, 0.25) is 0 Å². The van der Waals surface area contributed by atoms with Gasteiger partial charge in [0.05, 0.1) is 0 Å². The molecule has 2 aromatic rings. The smallest absolute Gasteiger partial charge is 0.126 e. The SMILES string of the molecule is NC(Cc1cc(Br)ccc1F)c1cc2c(s1)CCCC2. The highest BCUT2D eigenvalue weighted by Gasteiger charge is 2.18. The van der Waals surface area contributed by atoms with Crippen LogP contribution in [0, 0.1) is 5.82 Å². The van der Waals surface area contributed by atoms with E-state index in [0.29, 0.717) is 12.0 Å². The van der Waals surface area contributed by atoms with Crippen molar-refractivity contribution in [3.63, 3.8) is 0 Å². The van der Waals surface area contributed by atoms with Crippen LogP contribution < -0.4 is 5.73 Å². The molecule has 20 heavy (non-hydrogen) atoms. The van der Waals surface area contributed by atoms with Crippen LogP contribution in [-0.2, 0) is 19.3 Å². The van der Waals surface area contributed by atoms with Crippen LogP contribution in [-0.4, -0.2) is 0 Å². The zero-order valence-corrected chi connectivity index (χ0v) is 13.6.